The van der Waals surface area contributed by atoms with E-state index < -0.39 is 34.0 Å². The number of hydrogen-bond donors (Lipinski definition) is 4. The van der Waals surface area contributed by atoms with Gasteiger partial charge in [-0.25, -0.2) is 17.9 Å². The molecule has 3 aromatic rings. The van der Waals surface area contributed by atoms with Gasteiger partial charge in [0, 0.05) is 24.2 Å². The Bertz CT molecular complexity index is 1400. The molecule has 0 radical (unpaired) electrons. The average molecular weight is 523 g/mol. The number of benzene rings is 2. The number of ether oxygens (including phenoxy) is 1. The Hall–Kier alpha value is -3.77. The van der Waals surface area contributed by atoms with E-state index in [1.54, 1.807) is 29.8 Å². The molecule has 4 N–H and O–H groups in total. The number of nitrogens with one attached hydrogen (secondary N) is 3. The first-order valence-electron chi connectivity index (χ1n) is 10.2. The molecule has 0 saturated carbocycles. The number of aryl methyl sites for hydroxylation is 1. The van der Waals surface area contributed by atoms with E-state index in [9.17, 15) is 22.8 Å². The third-order valence-electron chi connectivity index (χ3n) is 5.09. The van der Waals surface area contributed by atoms with Crippen molar-refractivity contribution in [2.45, 2.75) is 24.3 Å². The van der Waals surface area contributed by atoms with Crippen LogP contribution in [0.25, 0.3) is 10.9 Å². The van der Waals surface area contributed by atoms with E-state index in [0.29, 0.717) is 27.5 Å². The van der Waals surface area contributed by atoms with Crippen LogP contribution in [-0.4, -0.2) is 49.2 Å². The molecule has 186 valence electrons. The van der Waals surface area contributed by atoms with E-state index >= 15 is 0 Å². The summed E-state index contributed by atoms with van der Waals surface area (Å²) in [6, 6.07) is 8.46. The lowest BCUT2D eigenvalue weighted by Crippen LogP contribution is -2.44. The van der Waals surface area contributed by atoms with Crippen LogP contribution in [0.3, 0.4) is 0 Å². The number of sulfonamides is 1. The number of rotatable bonds is 8. The summed E-state index contributed by atoms with van der Waals surface area (Å²) < 4.78 is 33.6. The Morgan fingerprint density at radius 3 is 2.40 bits per heavy atom. The second kappa shape index (κ2) is 10.2. The molecule has 0 bridgehead atoms. The number of anilines is 1. The van der Waals surface area contributed by atoms with Gasteiger partial charge in [0.05, 0.1) is 29.0 Å². The van der Waals surface area contributed by atoms with Crippen LogP contribution in [-0.2, 0) is 21.9 Å². The van der Waals surface area contributed by atoms with E-state index in [1.807, 2.05) is 4.72 Å². The Balaban J connectivity index is 1.72. The van der Waals surface area contributed by atoms with Gasteiger partial charge in [-0.2, -0.15) is 0 Å². The van der Waals surface area contributed by atoms with Gasteiger partial charge in [0.25, 0.3) is 15.9 Å². The lowest BCUT2D eigenvalue weighted by molar-refractivity contribution is -0.137. The molecule has 1 aromatic heterocycles. The van der Waals surface area contributed by atoms with Gasteiger partial charge >= 0.3 is 12.0 Å². The first kappa shape index (κ1) is 25.8. The predicted octanol–water partition coefficient (Wildman–Crippen LogP) is 2.94. The summed E-state index contributed by atoms with van der Waals surface area (Å²) in [7, 11) is -1.01. The maximum atomic E-state index is 12.8. The number of methoxy groups -OCH3 is 1. The third kappa shape index (κ3) is 5.84. The Kier molecular flexibility index (Phi) is 7.56. The summed E-state index contributed by atoms with van der Waals surface area (Å²) in [5.41, 5.74) is 1.37. The maximum Gasteiger partial charge on any atom is 0.328 e. The molecule has 3 rings (SSSR count). The molecule has 11 nitrogen and oxygen atoms in total. The third-order valence-corrected chi connectivity index (χ3v) is 6.82. The number of fused-ring (bicyclic) bond motifs is 1. The van der Waals surface area contributed by atoms with E-state index in [1.165, 1.54) is 38.3 Å². The topological polar surface area (TPSA) is 156 Å². The number of urea groups is 1. The highest BCUT2D eigenvalue weighted by Crippen LogP contribution is 2.34. The fourth-order valence-corrected chi connectivity index (χ4v) is 4.60. The van der Waals surface area contributed by atoms with Gasteiger partial charge in [-0.1, -0.05) is 11.6 Å². The number of carboxylic acid groups (broad SMARTS) is 1. The number of nitrogens with zero attached hydrogens (tertiary/aromatic N) is 1. The van der Waals surface area contributed by atoms with Gasteiger partial charge in [-0.05, 0) is 49.4 Å². The van der Waals surface area contributed by atoms with E-state index in [-0.39, 0.29) is 11.3 Å². The number of carbonyl (C=O) groups is 3. The van der Waals surface area contributed by atoms with Gasteiger partial charge in [-0.15, -0.1) is 0 Å². The number of carboxylic acids is 1. The number of hydrogen-bond acceptors (Lipinski definition) is 6. The summed E-state index contributed by atoms with van der Waals surface area (Å²) in [5.74, 6) is -1.10. The molecule has 0 fully saturated rings. The smallest absolute Gasteiger partial charge is 0.328 e. The summed E-state index contributed by atoms with van der Waals surface area (Å²) in [4.78, 5) is 35.2. The summed E-state index contributed by atoms with van der Waals surface area (Å²) >= 11 is 6.35. The van der Waals surface area contributed by atoms with Gasteiger partial charge < -0.3 is 25.0 Å². The standard InChI is InChI=1S/C22H23ClN4O7S/c1-12(10-19(28)29)24-22(31)26-35(32,33)14-6-4-13(5-7-14)25-21(30)17-11-15-16(27(17)2)8-9-18(34-3)20(15)23/h4-9,11-12H,10H2,1-3H3,(H,25,30)(H,28,29)(H2,24,26,31). The minimum absolute atomic E-state index is 0.222. The number of amides is 3. The van der Waals surface area contributed by atoms with Gasteiger partial charge in [0.2, 0.25) is 0 Å². The minimum atomic E-state index is -4.22. The van der Waals surface area contributed by atoms with Crippen molar-refractivity contribution in [3.63, 3.8) is 0 Å². The number of aliphatic carboxylic acids is 1. The zero-order chi connectivity index (χ0) is 25.9. The van der Waals surface area contributed by atoms with Crippen molar-refractivity contribution >= 4 is 56.1 Å². The highest BCUT2D eigenvalue weighted by Gasteiger charge is 2.21. The van der Waals surface area contributed by atoms with Gasteiger partial charge in [0.15, 0.2) is 0 Å². The monoisotopic (exact) mass is 522 g/mol. The van der Waals surface area contributed by atoms with Gasteiger partial charge in [0.1, 0.15) is 11.4 Å². The highest BCUT2D eigenvalue weighted by molar-refractivity contribution is 7.90. The van der Waals surface area contributed by atoms with Crippen LogP contribution in [0.5, 0.6) is 5.75 Å². The van der Waals surface area contributed by atoms with Crippen LogP contribution in [0.4, 0.5) is 10.5 Å². The second-order valence-electron chi connectivity index (χ2n) is 7.66. The Morgan fingerprint density at radius 2 is 1.80 bits per heavy atom. The molecule has 0 spiro atoms. The molecule has 1 heterocycles. The van der Waals surface area contributed by atoms with Crippen LogP contribution in [0.1, 0.15) is 23.8 Å². The number of carbonyl (C=O) groups excluding carboxylic acids is 2. The van der Waals surface area contributed by atoms with E-state index in [2.05, 4.69) is 10.6 Å². The lowest BCUT2D eigenvalue weighted by Gasteiger charge is -2.13. The average Bonchev–Trinajstić information content (AvgIpc) is 3.10. The van der Waals surface area contributed by atoms with Gasteiger partial charge in [-0.3, -0.25) is 9.59 Å². The molecular formula is C22H23ClN4O7S. The maximum absolute atomic E-state index is 12.8. The quantitative estimate of drug-likeness (QED) is 0.354. The van der Waals surface area contributed by atoms with Crippen molar-refractivity contribution in [2.24, 2.45) is 7.05 Å². The molecule has 3 amide bonds. The van der Waals surface area contributed by atoms with Crippen molar-refractivity contribution in [1.29, 1.82) is 0 Å². The van der Waals surface area contributed by atoms with Crippen molar-refractivity contribution < 1.29 is 32.6 Å². The highest BCUT2D eigenvalue weighted by atomic mass is 35.5. The lowest BCUT2D eigenvalue weighted by atomic mass is 10.2. The normalized spacial score (nSPS) is 12.1. The van der Waals surface area contributed by atoms with Crippen molar-refractivity contribution in [3.05, 3.63) is 53.2 Å². The molecule has 1 unspecified atom stereocenters. The molecular weight excluding hydrogens is 500 g/mol. The fraction of sp³-hybridized carbons (Fsp3) is 0.227. The second-order valence-corrected chi connectivity index (χ2v) is 9.72. The predicted molar refractivity (Wildman–Crippen MR) is 129 cm³/mol. The molecule has 1 atom stereocenters. The molecule has 13 heteroatoms. The first-order chi connectivity index (χ1) is 16.4. The van der Waals surface area contributed by atoms with Crippen molar-refractivity contribution in [1.82, 2.24) is 14.6 Å². The Morgan fingerprint density at radius 1 is 1.14 bits per heavy atom. The van der Waals surface area contributed by atoms with E-state index in [0.717, 1.165) is 5.52 Å². The zero-order valence-corrected chi connectivity index (χ0v) is 20.5. The number of halogens is 1. The molecule has 0 aliphatic rings. The largest absolute Gasteiger partial charge is 0.495 e. The molecule has 0 aliphatic carbocycles. The van der Waals surface area contributed by atoms with Crippen LogP contribution >= 0.6 is 11.6 Å². The summed E-state index contributed by atoms with van der Waals surface area (Å²) in [6.45, 7) is 1.43. The minimum Gasteiger partial charge on any atom is -0.495 e. The summed E-state index contributed by atoms with van der Waals surface area (Å²) in [5, 5.41) is 14.7. The SMILES string of the molecule is COc1ccc2c(cc(C(=O)Nc3ccc(S(=O)(=O)NC(=O)NC(C)CC(=O)O)cc3)n2C)c1Cl. The van der Waals surface area contributed by atoms with Crippen LogP contribution in [0.15, 0.2) is 47.4 Å². The summed E-state index contributed by atoms with van der Waals surface area (Å²) in [6.07, 6.45) is -0.363. The van der Waals surface area contributed by atoms with Crippen LogP contribution < -0.4 is 20.1 Å². The van der Waals surface area contributed by atoms with Crippen LogP contribution in [0.2, 0.25) is 5.02 Å². The molecule has 0 aliphatic heterocycles. The fourth-order valence-electron chi connectivity index (χ4n) is 3.39. The Labute approximate surface area is 206 Å². The number of aromatic nitrogens is 1. The molecule has 2 aromatic carbocycles. The van der Waals surface area contributed by atoms with Crippen molar-refractivity contribution in [3.8, 4) is 5.75 Å². The molecule has 0 saturated heterocycles. The zero-order valence-electron chi connectivity index (χ0n) is 19.0. The van der Waals surface area contributed by atoms with Crippen LogP contribution in [0, 0.1) is 0 Å². The first-order valence-corrected chi connectivity index (χ1v) is 12.1. The van der Waals surface area contributed by atoms with Crippen molar-refractivity contribution in [2.75, 3.05) is 12.4 Å². The van der Waals surface area contributed by atoms with E-state index in [4.69, 9.17) is 21.4 Å². The molecule has 35 heavy (non-hydrogen) atoms.